The van der Waals surface area contributed by atoms with Gasteiger partial charge in [0.15, 0.2) is 18.1 Å². The zero-order valence-electron chi connectivity index (χ0n) is 14.7. The average molecular weight is 384 g/mol. The van der Waals surface area contributed by atoms with E-state index in [-0.39, 0.29) is 12.3 Å². The van der Waals surface area contributed by atoms with Gasteiger partial charge in [0.1, 0.15) is 5.75 Å². The predicted octanol–water partition coefficient (Wildman–Crippen LogP) is 3.97. The van der Waals surface area contributed by atoms with Gasteiger partial charge in [0.2, 0.25) is 0 Å². The van der Waals surface area contributed by atoms with E-state index in [2.05, 4.69) is 15.4 Å². The molecule has 27 heavy (non-hydrogen) atoms. The van der Waals surface area contributed by atoms with Crippen LogP contribution in [0.3, 0.4) is 0 Å². The molecule has 0 bridgehead atoms. The minimum Gasteiger partial charge on any atom is -0.493 e. The highest BCUT2D eigenvalue weighted by molar-refractivity contribution is 5.89. The molecule has 0 unspecified atom stereocenters. The van der Waals surface area contributed by atoms with Gasteiger partial charge in [0, 0.05) is 23.9 Å². The zero-order chi connectivity index (χ0) is 19.9. The monoisotopic (exact) mass is 384 g/mol. The summed E-state index contributed by atoms with van der Waals surface area (Å²) in [5.41, 5.74) is 0.999. The van der Waals surface area contributed by atoms with Crippen LogP contribution in [-0.4, -0.2) is 33.0 Å². The molecule has 0 fully saturated rings. The minimum absolute atomic E-state index is 0.000380. The van der Waals surface area contributed by atoms with Gasteiger partial charge in [-0.05, 0) is 18.2 Å². The highest BCUT2D eigenvalue weighted by Crippen LogP contribution is 2.30. The average Bonchev–Trinajstić information content (AvgIpc) is 2.64. The molecule has 2 N–H and O–H groups in total. The molecule has 2 aromatic carbocycles. The van der Waals surface area contributed by atoms with E-state index in [1.54, 1.807) is 18.2 Å². The van der Waals surface area contributed by atoms with Crippen molar-refractivity contribution in [3.8, 4) is 17.2 Å². The third kappa shape index (κ3) is 6.28. The van der Waals surface area contributed by atoms with Gasteiger partial charge in [0.25, 0.3) is 0 Å². The molecule has 2 rings (SSSR count). The Morgan fingerprint density at radius 2 is 1.81 bits per heavy atom. The summed E-state index contributed by atoms with van der Waals surface area (Å²) in [6.45, 7) is -1.24. The second-order valence-corrected chi connectivity index (χ2v) is 5.39. The Bertz CT molecular complexity index is 781. The number of alkyl halides is 3. The molecular formula is C18H19F3N2O4. The molecule has 9 heteroatoms. The van der Waals surface area contributed by atoms with Gasteiger partial charge in [-0.25, -0.2) is 4.79 Å². The molecule has 0 heterocycles. The smallest absolute Gasteiger partial charge is 0.422 e. The van der Waals surface area contributed by atoms with Crippen LogP contribution >= 0.6 is 0 Å². The first-order chi connectivity index (χ1) is 12.8. The number of halogens is 3. The van der Waals surface area contributed by atoms with E-state index in [1.165, 1.54) is 38.5 Å². The van der Waals surface area contributed by atoms with Crippen LogP contribution in [0.1, 0.15) is 5.56 Å². The normalized spacial score (nSPS) is 10.9. The largest absolute Gasteiger partial charge is 0.493 e. The van der Waals surface area contributed by atoms with Crippen LogP contribution in [0.25, 0.3) is 0 Å². The van der Waals surface area contributed by atoms with E-state index in [0.717, 1.165) is 0 Å². The van der Waals surface area contributed by atoms with Crippen molar-refractivity contribution < 1.29 is 32.2 Å². The fourth-order valence-corrected chi connectivity index (χ4v) is 2.27. The summed E-state index contributed by atoms with van der Waals surface area (Å²) in [7, 11) is 3.00. The first-order valence-electron chi connectivity index (χ1n) is 7.86. The topological polar surface area (TPSA) is 68.8 Å². The number of ether oxygens (including phenoxy) is 3. The van der Waals surface area contributed by atoms with E-state index in [0.29, 0.717) is 22.7 Å². The first kappa shape index (κ1) is 20.2. The molecule has 0 aliphatic carbocycles. The van der Waals surface area contributed by atoms with Crippen LogP contribution in [0.15, 0.2) is 42.5 Å². The highest BCUT2D eigenvalue weighted by atomic mass is 19.4. The fraction of sp³-hybridized carbons (Fsp3) is 0.278. The first-order valence-corrected chi connectivity index (χ1v) is 7.86. The summed E-state index contributed by atoms with van der Waals surface area (Å²) >= 11 is 0. The standard InChI is InChI=1S/C18H19F3N2O4/c1-25-15-8-3-5-12(16(15)26-2)10-22-17(24)23-13-6-4-7-14(9-13)27-11-18(19,20)21/h3-9H,10-11H2,1-2H3,(H2,22,23,24). The van der Waals surface area contributed by atoms with Crippen molar-refractivity contribution in [2.45, 2.75) is 12.7 Å². The minimum atomic E-state index is -4.43. The van der Waals surface area contributed by atoms with E-state index in [9.17, 15) is 18.0 Å². The number of anilines is 1. The van der Waals surface area contributed by atoms with Gasteiger partial charge >= 0.3 is 12.2 Å². The third-order valence-electron chi connectivity index (χ3n) is 3.42. The summed E-state index contributed by atoms with van der Waals surface area (Å²) < 4.78 is 51.7. The number of carbonyl (C=O) groups is 1. The van der Waals surface area contributed by atoms with Crippen LogP contribution in [0.5, 0.6) is 17.2 Å². The van der Waals surface area contributed by atoms with E-state index >= 15 is 0 Å². The van der Waals surface area contributed by atoms with Gasteiger partial charge in [0.05, 0.1) is 14.2 Å². The number of para-hydroxylation sites is 1. The maximum atomic E-state index is 12.2. The fourth-order valence-electron chi connectivity index (χ4n) is 2.27. The highest BCUT2D eigenvalue weighted by Gasteiger charge is 2.28. The third-order valence-corrected chi connectivity index (χ3v) is 3.42. The second kappa shape index (κ2) is 9.02. The summed E-state index contributed by atoms with van der Waals surface area (Å²) in [6, 6.07) is 10.4. The number of nitrogens with one attached hydrogen (secondary N) is 2. The predicted molar refractivity (Wildman–Crippen MR) is 93.4 cm³/mol. The molecule has 0 saturated carbocycles. The van der Waals surface area contributed by atoms with E-state index in [1.807, 2.05) is 0 Å². The molecule has 0 spiro atoms. The van der Waals surface area contributed by atoms with E-state index < -0.39 is 18.8 Å². The number of rotatable bonds is 7. The summed E-state index contributed by atoms with van der Waals surface area (Å²) in [5, 5.41) is 5.18. The number of methoxy groups -OCH3 is 2. The van der Waals surface area contributed by atoms with Gasteiger partial charge in [-0.15, -0.1) is 0 Å². The molecule has 0 atom stereocenters. The Balaban J connectivity index is 1.95. The Morgan fingerprint density at radius 3 is 2.48 bits per heavy atom. The maximum absolute atomic E-state index is 12.2. The number of urea groups is 1. The second-order valence-electron chi connectivity index (χ2n) is 5.39. The van der Waals surface area contributed by atoms with Crippen molar-refractivity contribution in [1.29, 1.82) is 0 Å². The quantitative estimate of drug-likeness (QED) is 0.758. The number of benzene rings is 2. The molecule has 2 aromatic rings. The molecule has 0 radical (unpaired) electrons. The Hall–Kier alpha value is -3.10. The van der Waals surface area contributed by atoms with Crippen molar-refractivity contribution in [2.75, 3.05) is 26.1 Å². The molecule has 2 amide bonds. The lowest BCUT2D eigenvalue weighted by atomic mass is 10.2. The van der Waals surface area contributed by atoms with E-state index in [4.69, 9.17) is 9.47 Å². The Morgan fingerprint density at radius 1 is 1.07 bits per heavy atom. The lowest BCUT2D eigenvalue weighted by molar-refractivity contribution is -0.153. The van der Waals surface area contributed by atoms with Crippen molar-refractivity contribution in [1.82, 2.24) is 5.32 Å². The van der Waals surface area contributed by atoms with Gasteiger partial charge in [-0.1, -0.05) is 18.2 Å². The Labute approximate surface area is 154 Å². The van der Waals surface area contributed by atoms with Gasteiger partial charge in [-0.2, -0.15) is 13.2 Å². The molecule has 6 nitrogen and oxygen atoms in total. The van der Waals surface area contributed by atoms with Crippen LogP contribution in [0, 0.1) is 0 Å². The number of amides is 2. The van der Waals surface area contributed by atoms with Crippen molar-refractivity contribution in [3.05, 3.63) is 48.0 Å². The molecule has 0 saturated heterocycles. The summed E-state index contributed by atoms with van der Waals surface area (Å²) in [4.78, 5) is 12.1. The number of carbonyl (C=O) groups excluding carboxylic acids is 1. The molecule has 0 aromatic heterocycles. The van der Waals surface area contributed by atoms with Crippen molar-refractivity contribution in [2.24, 2.45) is 0 Å². The molecular weight excluding hydrogens is 365 g/mol. The van der Waals surface area contributed by atoms with Crippen molar-refractivity contribution in [3.63, 3.8) is 0 Å². The maximum Gasteiger partial charge on any atom is 0.422 e. The summed E-state index contributed by atoms with van der Waals surface area (Å²) in [5.74, 6) is 1.04. The molecule has 146 valence electrons. The lowest BCUT2D eigenvalue weighted by Gasteiger charge is -2.14. The van der Waals surface area contributed by atoms with Crippen LogP contribution in [0.2, 0.25) is 0 Å². The SMILES string of the molecule is COc1cccc(CNC(=O)Nc2cccc(OCC(F)(F)F)c2)c1OC. The van der Waals surface area contributed by atoms with Crippen LogP contribution in [0.4, 0.5) is 23.7 Å². The number of hydrogen-bond donors (Lipinski definition) is 2. The molecule has 0 aliphatic heterocycles. The summed E-state index contributed by atoms with van der Waals surface area (Å²) in [6.07, 6.45) is -4.43. The number of hydrogen-bond acceptors (Lipinski definition) is 4. The zero-order valence-corrected chi connectivity index (χ0v) is 14.7. The lowest BCUT2D eigenvalue weighted by Crippen LogP contribution is -2.28. The van der Waals surface area contributed by atoms with Crippen molar-refractivity contribution >= 4 is 11.7 Å². The Kier molecular flexibility index (Phi) is 6.75. The van der Waals surface area contributed by atoms with Crippen LogP contribution < -0.4 is 24.8 Å². The van der Waals surface area contributed by atoms with Gasteiger partial charge in [-0.3, -0.25) is 0 Å². The van der Waals surface area contributed by atoms with Crippen LogP contribution in [-0.2, 0) is 6.54 Å². The molecule has 0 aliphatic rings. The van der Waals surface area contributed by atoms with Gasteiger partial charge < -0.3 is 24.8 Å².